The summed E-state index contributed by atoms with van der Waals surface area (Å²) in [4.78, 5) is 0. The van der Waals surface area contributed by atoms with E-state index in [1.54, 1.807) is 0 Å². The summed E-state index contributed by atoms with van der Waals surface area (Å²) in [7, 11) is 0. The van der Waals surface area contributed by atoms with Crippen molar-refractivity contribution < 1.29 is 0 Å². The summed E-state index contributed by atoms with van der Waals surface area (Å²) in [5, 5.41) is 0. The van der Waals surface area contributed by atoms with Crippen molar-refractivity contribution in [2.24, 2.45) is 11.7 Å². The Hall–Kier alpha value is -0.820. The van der Waals surface area contributed by atoms with Gasteiger partial charge in [-0.2, -0.15) is 0 Å². The van der Waals surface area contributed by atoms with E-state index in [1.165, 1.54) is 5.56 Å². The number of benzene rings is 1. The van der Waals surface area contributed by atoms with E-state index in [2.05, 4.69) is 45.0 Å². The first-order chi connectivity index (χ1) is 6.09. The average Bonchev–Trinajstić information content (AvgIpc) is 2.18. The lowest BCUT2D eigenvalue weighted by molar-refractivity contribution is 0.352. The summed E-state index contributed by atoms with van der Waals surface area (Å²) >= 11 is 0. The largest absolute Gasteiger partial charge is 0.330 e. The van der Waals surface area contributed by atoms with Crippen molar-refractivity contribution in [3.05, 3.63) is 35.9 Å². The first kappa shape index (κ1) is 10.3. The molecule has 0 saturated carbocycles. The lowest BCUT2D eigenvalue weighted by Gasteiger charge is -2.31. The van der Waals surface area contributed by atoms with Gasteiger partial charge >= 0.3 is 0 Å². The van der Waals surface area contributed by atoms with E-state index >= 15 is 0 Å². The Morgan fingerprint density at radius 3 is 2.23 bits per heavy atom. The van der Waals surface area contributed by atoms with Crippen molar-refractivity contribution in [2.75, 3.05) is 6.54 Å². The van der Waals surface area contributed by atoms with Crippen molar-refractivity contribution in [2.45, 2.75) is 26.2 Å². The number of hydrogen-bond donors (Lipinski definition) is 1. The molecule has 0 radical (unpaired) electrons. The van der Waals surface area contributed by atoms with Gasteiger partial charge in [-0.1, -0.05) is 51.1 Å². The van der Waals surface area contributed by atoms with Crippen molar-refractivity contribution >= 4 is 0 Å². The highest BCUT2D eigenvalue weighted by Crippen LogP contribution is 2.30. The third kappa shape index (κ3) is 2.10. The fraction of sp³-hybridized carbons (Fsp3) is 0.500. The monoisotopic (exact) mass is 177 g/mol. The molecule has 0 aromatic heterocycles. The van der Waals surface area contributed by atoms with Gasteiger partial charge in [0, 0.05) is 0 Å². The van der Waals surface area contributed by atoms with Crippen LogP contribution in [0.2, 0.25) is 0 Å². The Morgan fingerprint density at radius 2 is 1.77 bits per heavy atom. The summed E-state index contributed by atoms with van der Waals surface area (Å²) < 4.78 is 0. The molecule has 0 saturated heterocycles. The van der Waals surface area contributed by atoms with Crippen LogP contribution in [0.4, 0.5) is 0 Å². The van der Waals surface area contributed by atoms with Crippen LogP contribution in [0.25, 0.3) is 0 Å². The zero-order valence-electron chi connectivity index (χ0n) is 8.75. The normalized spacial score (nSPS) is 14.2. The van der Waals surface area contributed by atoms with Gasteiger partial charge in [-0.25, -0.2) is 0 Å². The molecule has 1 aromatic carbocycles. The van der Waals surface area contributed by atoms with Gasteiger partial charge < -0.3 is 5.73 Å². The topological polar surface area (TPSA) is 26.0 Å². The molecule has 0 unspecified atom stereocenters. The molecule has 0 aliphatic carbocycles. The molecule has 0 aliphatic heterocycles. The summed E-state index contributed by atoms with van der Waals surface area (Å²) in [6.07, 6.45) is 0. The van der Waals surface area contributed by atoms with Crippen LogP contribution in [0.15, 0.2) is 30.3 Å². The molecule has 0 fully saturated rings. The van der Waals surface area contributed by atoms with Crippen LogP contribution in [-0.2, 0) is 5.41 Å². The molecule has 1 nitrogen and oxygen atoms in total. The van der Waals surface area contributed by atoms with Gasteiger partial charge in [-0.15, -0.1) is 0 Å². The highest BCUT2D eigenvalue weighted by Gasteiger charge is 2.26. The molecule has 1 heteroatoms. The highest BCUT2D eigenvalue weighted by molar-refractivity contribution is 5.24. The summed E-state index contributed by atoms with van der Waals surface area (Å²) in [6, 6.07) is 10.6. The fourth-order valence-corrected chi connectivity index (χ4v) is 1.45. The van der Waals surface area contributed by atoms with Crippen molar-refractivity contribution in [1.29, 1.82) is 0 Å². The molecule has 2 N–H and O–H groups in total. The van der Waals surface area contributed by atoms with E-state index in [4.69, 9.17) is 5.73 Å². The standard InChI is InChI=1S/C12H19N/c1-10(9-13)12(2,3)11-7-5-4-6-8-11/h4-8,10H,9,13H2,1-3H3/t10-/m0/s1. The maximum absolute atomic E-state index is 5.70. The summed E-state index contributed by atoms with van der Waals surface area (Å²) in [5.74, 6) is 0.509. The van der Waals surface area contributed by atoms with E-state index < -0.39 is 0 Å². The van der Waals surface area contributed by atoms with E-state index in [1.807, 2.05) is 6.07 Å². The van der Waals surface area contributed by atoms with Crippen LogP contribution < -0.4 is 5.73 Å². The second kappa shape index (κ2) is 3.93. The predicted octanol–water partition coefficient (Wildman–Crippen LogP) is 2.56. The van der Waals surface area contributed by atoms with Gasteiger partial charge in [0.15, 0.2) is 0 Å². The molecule has 0 spiro atoms. The number of nitrogens with two attached hydrogens (primary N) is 1. The molecule has 0 heterocycles. The molecule has 1 aromatic rings. The van der Waals surface area contributed by atoms with E-state index in [9.17, 15) is 0 Å². The Bertz CT molecular complexity index is 251. The summed E-state index contributed by atoms with van der Waals surface area (Å²) in [5.41, 5.74) is 7.24. The van der Waals surface area contributed by atoms with E-state index in [0.717, 1.165) is 6.54 Å². The van der Waals surface area contributed by atoms with Gasteiger partial charge in [0.1, 0.15) is 0 Å². The summed E-state index contributed by atoms with van der Waals surface area (Å²) in [6.45, 7) is 7.44. The lowest BCUT2D eigenvalue weighted by Crippen LogP contribution is -2.31. The lowest BCUT2D eigenvalue weighted by atomic mass is 9.74. The molecule has 0 aliphatic rings. The minimum atomic E-state index is 0.177. The zero-order valence-corrected chi connectivity index (χ0v) is 8.75. The Labute approximate surface area is 81.0 Å². The molecule has 0 bridgehead atoms. The van der Waals surface area contributed by atoms with Crippen LogP contribution in [0, 0.1) is 5.92 Å². The third-order valence-corrected chi connectivity index (χ3v) is 3.10. The van der Waals surface area contributed by atoms with Crippen LogP contribution in [0.5, 0.6) is 0 Å². The van der Waals surface area contributed by atoms with Gasteiger partial charge in [-0.3, -0.25) is 0 Å². The maximum Gasteiger partial charge on any atom is -0.00432 e. The molecule has 13 heavy (non-hydrogen) atoms. The molecular weight excluding hydrogens is 158 g/mol. The van der Waals surface area contributed by atoms with E-state index in [0.29, 0.717) is 5.92 Å². The van der Waals surface area contributed by atoms with Crippen LogP contribution in [-0.4, -0.2) is 6.54 Å². The first-order valence-corrected chi connectivity index (χ1v) is 4.84. The van der Waals surface area contributed by atoms with Crippen molar-refractivity contribution in [3.63, 3.8) is 0 Å². The quantitative estimate of drug-likeness (QED) is 0.754. The minimum Gasteiger partial charge on any atom is -0.330 e. The SMILES string of the molecule is C[C@@H](CN)C(C)(C)c1ccccc1. The average molecular weight is 177 g/mol. The molecule has 1 atom stereocenters. The Balaban J connectivity index is 2.93. The molecule has 1 rings (SSSR count). The Kier molecular flexibility index (Phi) is 3.10. The molecular formula is C12H19N. The van der Waals surface area contributed by atoms with Gasteiger partial charge in [0.25, 0.3) is 0 Å². The van der Waals surface area contributed by atoms with Gasteiger partial charge in [0.2, 0.25) is 0 Å². The zero-order chi connectivity index (χ0) is 9.90. The van der Waals surface area contributed by atoms with Crippen molar-refractivity contribution in [1.82, 2.24) is 0 Å². The van der Waals surface area contributed by atoms with Gasteiger partial charge in [0.05, 0.1) is 0 Å². The minimum absolute atomic E-state index is 0.177. The van der Waals surface area contributed by atoms with Crippen LogP contribution in [0.3, 0.4) is 0 Å². The second-order valence-electron chi connectivity index (χ2n) is 4.22. The smallest absolute Gasteiger partial charge is 0.00432 e. The van der Waals surface area contributed by atoms with E-state index in [-0.39, 0.29) is 5.41 Å². The van der Waals surface area contributed by atoms with Crippen LogP contribution in [0.1, 0.15) is 26.3 Å². The van der Waals surface area contributed by atoms with Gasteiger partial charge in [-0.05, 0) is 23.4 Å². The second-order valence-corrected chi connectivity index (χ2v) is 4.22. The van der Waals surface area contributed by atoms with Crippen molar-refractivity contribution in [3.8, 4) is 0 Å². The third-order valence-electron chi connectivity index (χ3n) is 3.10. The van der Waals surface area contributed by atoms with Crippen LogP contribution >= 0.6 is 0 Å². The maximum atomic E-state index is 5.70. The highest BCUT2D eigenvalue weighted by atomic mass is 14.6. The number of hydrogen-bond acceptors (Lipinski definition) is 1. The first-order valence-electron chi connectivity index (χ1n) is 4.84. The number of rotatable bonds is 3. The molecule has 0 amide bonds. The predicted molar refractivity (Wildman–Crippen MR) is 57.7 cm³/mol. The Morgan fingerprint density at radius 1 is 1.23 bits per heavy atom. The fourth-order valence-electron chi connectivity index (χ4n) is 1.45. The molecule has 72 valence electrons.